The number of halogens is 3. The summed E-state index contributed by atoms with van der Waals surface area (Å²) in [5, 5.41) is 0. The summed E-state index contributed by atoms with van der Waals surface area (Å²) in [6.07, 6.45) is -4.50. The maximum Gasteiger partial charge on any atom is 0.449 e. The Labute approximate surface area is 136 Å². The van der Waals surface area contributed by atoms with E-state index in [1.54, 1.807) is 12.1 Å². The van der Waals surface area contributed by atoms with E-state index in [0.717, 1.165) is 4.57 Å². The van der Waals surface area contributed by atoms with E-state index in [4.69, 9.17) is 0 Å². The van der Waals surface area contributed by atoms with Crippen LogP contribution in [0.3, 0.4) is 0 Å². The first-order valence-electron chi connectivity index (χ1n) is 7.28. The van der Waals surface area contributed by atoms with E-state index in [1.165, 1.54) is 12.1 Å². The Morgan fingerprint density at radius 3 is 2.42 bits per heavy atom. The molecule has 0 radical (unpaired) electrons. The Morgan fingerprint density at radius 2 is 1.79 bits per heavy atom. The molecule has 2 aromatic rings. The third-order valence-electron chi connectivity index (χ3n) is 3.14. The molecule has 0 fully saturated rings. The molecule has 6 nitrogen and oxygen atoms in total. The molecule has 2 amide bonds. The van der Waals surface area contributed by atoms with Crippen molar-refractivity contribution in [1.82, 2.24) is 20.4 Å². The van der Waals surface area contributed by atoms with Gasteiger partial charge in [-0.1, -0.05) is 26.0 Å². The van der Waals surface area contributed by atoms with Gasteiger partial charge in [0, 0.05) is 6.42 Å². The van der Waals surface area contributed by atoms with Crippen LogP contribution in [0.5, 0.6) is 0 Å². The first kappa shape index (κ1) is 17.8. The Balaban J connectivity index is 2.16. The van der Waals surface area contributed by atoms with Gasteiger partial charge in [-0.15, -0.1) is 0 Å². The zero-order valence-corrected chi connectivity index (χ0v) is 13.1. The summed E-state index contributed by atoms with van der Waals surface area (Å²) in [5.41, 5.74) is 4.62. The highest BCUT2D eigenvalue weighted by Gasteiger charge is 2.38. The second-order valence-corrected chi connectivity index (χ2v) is 5.70. The van der Waals surface area contributed by atoms with Gasteiger partial charge in [-0.05, 0) is 18.1 Å². The minimum atomic E-state index is -4.69. The topological polar surface area (TPSA) is 76.0 Å². The van der Waals surface area contributed by atoms with Crippen LogP contribution >= 0.6 is 0 Å². The van der Waals surface area contributed by atoms with E-state index < -0.39 is 30.4 Å². The number of nitrogens with one attached hydrogen (secondary N) is 2. The fourth-order valence-corrected chi connectivity index (χ4v) is 2.20. The van der Waals surface area contributed by atoms with Crippen molar-refractivity contribution in [3.05, 3.63) is 30.1 Å². The zero-order valence-electron chi connectivity index (χ0n) is 13.1. The molecular weight excluding hydrogens is 325 g/mol. The average molecular weight is 342 g/mol. The average Bonchev–Trinajstić information content (AvgIpc) is 2.84. The van der Waals surface area contributed by atoms with Crippen LogP contribution in [0.1, 0.15) is 26.1 Å². The molecule has 0 spiro atoms. The molecule has 2 N–H and O–H groups in total. The molecule has 0 atom stereocenters. The quantitative estimate of drug-likeness (QED) is 0.837. The van der Waals surface area contributed by atoms with Gasteiger partial charge < -0.3 is 4.57 Å². The second-order valence-electron chi connectivity index (χ2n) is 5.70. The standard InChI is InChI=1S/C15H17F3N4O2/c1-9(2)7-12(23)20-21-13(24)8-22-11-6-4-3-5-10(11)19-14(22)15(16,17)18/h3-6,9H,7-8H2,1-2H3,(H,20,23)(H,21,24). The molecule has 0 saturated heterocycles. The number of hydrogen-bond acceptors (Lipinski definition) is 3. The Kier molecular flexibility index (Phi) is 5.10. The number of alkyl halides is 3. The molecule has 1 heterocycles. The minimum absolute atomic E-state index is 0.0938. The van der Waals surface area contributed by atoms with Gasteiger partial charge in [0.2, 0.25) is 11.7 Å². The molecule has 24 heavy (non-hydrogen) atoms. The molecule has 9 heteroatoms. The molecule has 0 aliphatic rings. The fourth-order valence-electron chi connectivity index (χ4n) is 2.20. The molecule has 1 aromatic heterocycles. The van der Waals surface area contributed by atoms with Gasteiger partial charge in [0.05, 0.1) is 11.0 Å². The maximum absolute atomic E-state index is 13.1. The number of carbonyl (C=O) groups is 2. The van der Waals surface area contributed by atoms with Crippen molar-refractivity contribution < 1.29 is 22.8 Å². The number of aromatic nitrogens is 2. The lowest BCUT2D eigenvalue weighted by Crippen LogP contribution is -2.43. The van der Waals surface area contributed by atoms with Crippen molar-refractivity contribution in [2.75, 3.05) is 0 Å². The Morgan fingerprint density at radius 1 is 1.17 bits per heavy atom. The van der Waals surface area contributed by atoms with Crippen molar-refractivity contribution in [3.63, 3.8) is 0 Å². The van der Waals surface area contributed by atoms with Gasteiger partial charge in [0.1, 0.15) is 6.54 Å². The van der Waals surface area contributed by atoms with Crippen LogP contribution in [0.15, 0.2) is 24.3 Å². The number of imidazole rings is 1. The molecule has 130 valence electrons. The number of rotatable bonds is 4. The zero-order chi connectivity index (χ0) is 17.9. The van der Waals surface area contributed by atoms with E-state index in [9.17, 15) is 22.8 Å². The van der Waals surface area contributed by atoms with E-state index in [1.807, 2.05) is 13.8 Å². The highest BCUT2D eigenvalue weighted by molar-refractivity contribution is 5.84. The maximum atomic E-state index is 13.1. The van der Waals surface area contributed by atoms with Crippen LogP contribution in [-0.4, -0.2) is 21.4 Å². The SMILES string of the molecule is CC(C)CC(=O)NNC(=O)Cn1c(C(F)(F)F)nc2ccccc21. The third kappa shape index (κ3) is 4.24. The third-order valence-corrected chi connectivity index (χ3v) is 3.14. The number of carbonyl (C=O) groups excluding carboxylic acids is 2. The molecule has 2 rings (SSSR count). The summed E-state index contributed by atoms with van der Waals surface area (Å²) in [7, 11) is 0. The van der Waals surface area contributed by atoms with Gasteiger partial charge in [-0.3, -0.25) is 20.4 Å². The lowest BCUT2D eigenvalue weighted by atomic mass is 10.1. The predicted octanol–water partition coefficient (Wildman–Crippen LogP) is 2.25. The van der Waals surface area contributed by atoms with E-state index >= 15 is 0 Å². The normalized spacial score (nSPS) is 11.8. The van der Waals surface area contributed by atoms with Gasteiger partial charge in [0.15, 0.2) is 0 Å². The van der Waals surface area contributed by atoms with Crippen LogP contribution in [0.4, 0.5) is 13.2 Å². The highest BCUT2D eigenvalue weighted by atomic mass is 19.4. The van der Waals surface area contributed by atoms with Crippen LogP contribution in [0.25, 0.3) is 11.0 Å². The molecule has 1 aromatic carbocycles. The highest BCUT2D eigenvalue weighted by Crippen LogP contribution is 2.31. The summed E-state index contributed by atoms with van der Waals surface area (Å²) >= 11 is 0. The first-order chi connectivity index (χ1) is 11.2. The number of para-hydroxylation sites is 2. The van der Waals surface area contributed by atoms with Gasteiger partial charge in [0.25, 0.3) is 5.91 Å². The summed E-state index contributed by atoms with van der Waals surface area (Å²) in [6.45, 7) is 3.04. The van der Waals surface area contributed by atoms with Crippen molar-refractivity contribution in [2.45, 2.75) is 33.0 Å². The number of benzene rings is 1. The Hall–Kier alpha value is -2.58. The lowest BCUT2D eigenvalue weighted by Gasteiger charge is -2.12. The van der Waals surface area contributed by atoms with E-state index in [2.05, 4.69) is 15.8 Å². The van der Waals surface area contributed by atoms with Gasteiger partial charge in [-0.25, -0.2) is 4.98 Å². The summed E-state index contributed by atoms with van der Waals surface area (Å²) in [6, 6.07) is 6.00. The van der Waals surface area contributed by atoms with Crippen molar-refractivity contribution in [2.24, 2.45) is 5.92 Å². The molecule has 0 aliphatic carbocycles. The van der Waals surface area contributed by atoms with Crippen molar-refractivity contribution in [3.8, 4) is 0 Å². The number of hydrogen-bond donors (Lipinski definition) is 2. The molecule has 0 bridgehead atoms. The summed E-state index contributed by atoms with van der Waals surface area (Å²) in [5.74, 6) is -2.26. The minimum Gasteiger partial charge on any atom is -0.311 e. The van der Waals surface area contributed by atoms with Crippen molar-refractivity contribution in [1.29, 1.82) is 0 Å². The second kappa shape index (κ2) is 6.90. The molecule has 0 aliphatic heterocycles. The largest absolute Gasteiger partial charge is 0.449 e. The monoisotopic (exact) mass is 342 g/mol. The van der Waals surface area contributed by atoms with Crippen LogP contribution in [0, 0.1) is 5.92 Å². The summed E-state index contributed by atoms with van der Waals surface area (Å²) < 4.78 is 40.1. The van der Waals surface area contributed by atoms with Crippen LogP contribution in [0.2, 0.25) is 0 Å². The van der Waals surface area contributed by atoms with Crippen LogP contribution in [-0.2, 0) is 22.3 Å². The fraction of sp³-hybridized carbons (Fsp3) is 0.400. The van der Waals surface area contributed by atoms with E-state index in [-0.39, 0.29) is 23.4 Å². The number of nitrogens with zero attached hydrogens (tertiary/aromatic N) is 2. The molecule has 0 unspecified atom stereocenters. The van der Waals surface area contributed by atoms with Gasteiger partial charge >= 0.3 is 6.18 Å². The van der Waals surface area contributed by atoms with Gasteiger partial charge in [-0.2, -0.15) is 13.2 Å². The smallest absolute Gasteiger partial charge is 0.311 e. The number of amides is 2. The number of hydrazine groups is 1. The predicted molar refractivity (Wildman–Crippen MR) is 80.5 cm³/mol. The van der Waals surface area contributed by atoms with Crippen molar-refractivity contribution >= 4 is 22.8 Å². The van der Waals surface area contributed by atoms with E-state index in [0.29, 0.717) is 0 Å². The molecular formula is C15H17F3N4O2. The first-order valence-corrected chi connectivity index (χ1v) is 7.28. The number of fused-ring (bicyclic) bond motifs is 1. The Bertz CT molecular complexity index is 753. The lowest BCUT2D eigenvalue weighted by molar-refractivity contribution is -0.147. The van der Waals surface area contributed by atoms with Crippen LogP contribution < -0.4 is 10.9 Å². The summed E-state index contributed by atoms with van der Waals surface area (Å²) in [4.78, 5) is 26.9. The molecule has 0 saturated carbocycles.